The summed E-state index contributed by atoms with van der Waals surface area (Å²) in [5.41, 5.74) is 0.734. The quantitative estimate of drug-likeness (QED) is 0.833. The minimum atomic E-state index is -0.980. The minimum absolute atomic E-state index is 0.128. The van der Waals surface area contributed by atoms with E-state index < -0.39 is 5.97 Å². The Bertz CT molecular complexity index is 493. The van der Waals surface area contributed by atoms with Crippen LogP contribution in [0, 0.1) is 0 Å². The molecule has 1 aliphatic rings. The molecule has 1 aliphatic heterocycles. The van der Waals surface area contributed by atoms with Crippen LogP contribution in [-0.4, -0.2) is 30.4 Å². The number of halogens is 1. The van der Waals surface area contributed by atoms with E-state index in [1.807, 2.05) is 18.2 Å². The fourth-order valence-electron chi connectivity index (χ4n) is 2.06. The molecule has 1 saturated heterocycles. The van der Waals surface area contributed by atoms with Crippen LogP contribution in [0.15, 0.2) is 28.7 Å². The molecule has 0 radical (unpaired) electrons. The standard InChI is InChI=1S/C15H17BrO4/c16-12-5-6-14(11(9-12)4-7-15(17)18)20-10-13-3-1-2-8-19-13/h4-7,9,13H,1-3,8,10H2,(H,17,18)/b7-4+. The van der Waals surface area contributed by atoms with E-state index in [-0.39, 0.29) is 6.10 Å². The highest BCUT2D eigenvalue weighted by Crippen LogP contribution is 2.25. The Hall–Kier alpha value is -1.33. The molecule has 0 aliphatic carbocycles. The second kappa shape index (κ2) is 7.45. The molecule has 1 unspecified atom stereocenters. The lowest BCUT2D eigenvalue weighted by molar-refractivity contribution is -0.131. The van der Waals surface area contributed by atoms with E-state index in [0.29, 0.717) is 12.4 Å². The first kappa shape index (κ1) is 15.1. The lowest BCUT2D eigenvalue weighted by Gasteiger charge is -2.23. The van der Waals surface area contributed by atoms with E-state index in [4.69, 9.17) is 14.6 Å². The molecule has 0 aromatic heterocycles. The largest absolute Gasteiger partial charge is 0.490 e. The molecule has 20 heavy (non-hydrogen) atoms. The van der Waals surface area contributed by atoms with Gasteiger partial charge >= 0.3 is 5.97 Å². The second-order valence-electron chi connectivity index (χ2n) is 4.65. The van der Waals surface area contributed by atoms with Crippen molar-refractivity contribution in [1.29, 1.82) is 0 Å². The van der Waals surface area contributed by atoms with Gasteiger partial charge in [-0.3, -0.25) is 0 Å². The van der Waals surface area contributed by atoms with Gasteiger partial charge in [-0.15, -0.1) is 0 Å². The fraction of sp³-hybridized carbons (Fsp3) is 0.400. The Balaban J connectivity index is 2.03. The van der Waals surface area contributed by atoms with Gasteiger partial charge in [0, 0.05) is 22.7 Å². The first-order chi connectivity index (χ1) is 9.65. The van der Waals surface area contributed by atoms with Crippen LogP contribution in [0.25, 0.3) is 6.08 Å². The minimum Gasteiger partial charge on any atom is -0.490 e. The van der Waals surface area contributed by atoms with E-state index in [1.165, 1.54) is 12.5 Å². The van der Waals surface area contributed by atoms with Gasteiger partial charge in [0.1, 0.15) is 12.4 Å². The zero-order valence-electron chi connectivity index (χ0n) is 11.0. The van der Waals surface area contributed by atoms with Crippen molar-refractivity contribution in [2.45, 2.75) is 25.4 Å². The van der Waals surface area contributed by atoms with Crippen LogP contribution in [0.1, 0.15) is 24.8 Å². The lowest BCUT2D eigenvalue weighted by atomic mass is 10.1. The molecule has 0 saturated carbocycles. The molecule has 0 bridgehead atoms. The summed E-state index contributed by atoms with van der Waals surface area (Å²) in [6, 6.07) is 5.53. The van der Waals surface area contributed by atoms with Gasteiger partial charge in [0.2, 0.25) is 0 Å². The summed E-state index contributed by atoms with van der Waals surface area (Å²) in [6.45, 7) is 1.29. The van der Waals surface area contributed by atoms with Gasteiger partial charge in [-0.25, -0.2) is 4.79 Å². The number of benzene rings is 1. The predicted octanol–water partition coefficient (Wildman–Crippen LogP) is 3.49. The van der Waals surface area contributed by atoms with Gasteiger partial charge in [-0.1, -0.05) is 15.9 Å². The third kappa shape index (κ3) is 4.65. The monoisotopic (exact) mass is 340 g/mol. The van der Waals surface area contributed by atoms with Gasteiger partial charge in [0.25, 0.3) is 0 Å². The van der Waals surface area contributed by atoms with Crippen LogP contribution in [0.2, 0.25) is 0 Å². The zero-order chi connectivity index (χ0) is 14.4. The van der Waals surface area contributed by atoms with Crippen LogP contribution in [0.5, 0.6) is 5.75 Å². The van der Waals surface area contributed by atoms with Crippen molar-refractivity contribution in [1.82, 2.24) is 0 Å². The molecule has 0 amide bonds. The van der Waals surface area contributed by atoms with Crippen molar-refractivity contribution >= 4 is 28.0 Å². The van der Waals surface area contributed by atoms with Crippen molar-refractivity contribution in [3.63, 3.8) is 0 Å². The number of carboxylic acids is 1. The highest BCUT2D eigenvalue weighted by Gasteiger charge is 2.15. The van der Waals surface area contributed by atoms with Gasteiger partial charge in [0.05, 0.1) is 6.10 Å². The number of ether oxygens (including phenoxy) is 2. The molecule has 2 rings (SSSR count). The molecule has 0 spiro atoms. The van der Waals surface area contributed by atoms with Gasteiger partial charge in [-0.05, 0) is 43.5 Å². The lowest BCUT2D eigenvalue weighted by Crippen LogP contribution is -2.25. The summed E-state index contributed by atoms with van der Waals surface area (Å²) in [6.07, 6.45) is 6.05. The van der Waals surface area contributed by atoms with Crippen molar-refractivity contribution < 1.29 is 19.4 Å². The molecule has 1 aromatic carbocycles. The Labute approximate surface area is 126 Å². The van der Waals surface area contributed by atoms with Crippen molar-refractivity contribution in [2.24, 2.45) is 0 Å². The van der Waals surface area contributed by atoms with Crippen LogP contribution in [0.4, 0.5) is 0 Å². The second-order valence-corrected chi connectivity index (χ2v) is 5.57. The van der Waals surface area contributed by atoms with Gasteiger partial charge in [-0.2, -0.15) is 0 Å². The summed E-state index contributed by atoms with van der Waals surface area (Å²) in [4.78, 5) is 10.6. The van der Waals surface area contributed by atoms with Crippen LogP contribution < -0.4 is 4.74 Å². The molecule has 1 fully saturated rings. The summed E-state index contributed by atoms with van der Waals surface area (Å²) in [5.74, 6) is -0.314. The highest BCUT2D eigenvalue weighted by molar-refractivity contribution is 9.10. The summed E-state index contributed by atoms with van der Waals surface area (Å²) in [7, 11) is 0. The third-order valence-corrected chi connectivity index (χ3v) is 3.57. The van der Waals surface area contributed by atoms with Crippen LogP contribution >= 0.6 is 15.9 Å². The van der Waals surface area contributed by atoms with E-state index in [2.05, 4.69) is 15.9 Å². The van der Waals surface area contributed by atoms with Gasteiger partial charge < -0.3 is 14.6 Å². The Kier molecular flexibility index (Phi) is 5.61. The normalized spacial score (nSPS) is 19.1. The van der Waals surface area contributed by atoms with Crippen molar-refractivity contribution in [2.75, 3.05) is 13.2 Å². The number of carboxylic acid groups (broad SMARTS) is 1. The summed E-state index contributed by atoms with van der Waals surface area (Å²) < 4.78 is 12.3. The molecule has 1 atom stereocenters. The maximum absolute atomic E-state index is 10.6. The van der Waals surface area contributed by atoms with Gasteiger partial charge in [0.15, 0.2) is 0 Å². The van der Waals surface area contributed by atoms with Crippen LogP contribution in [0.3, 0.4) is 0 Å². The van der Waals surface area contributed by atoms with E-state index in [9.17, 15) is 4.79 Å². The molecule has 4 nitrogen and oxygen atoms in total. The molecule has 1 N–H and O–H groups in total. The molecule has 5 heteroatoms. The fourth-order valence-corrected chi connectivity index (χ4v) is 2.44. The Morgan fingerprint density at radius 2 is 2.35 bits per heavy atom. The number of hydrogen-bond donors (Lipinski definition) is 1. The molecular formula is C15H17BrO4. The van der Waals surface area contributed by atoms with E-state index in [1.54, 1.807) is 0 Å². The molecule has 1 heterocycles. The number of hydrogen-bond acceptors (Lipinski definition) is 3. The average Bonchev–Trinajstić information content (AvgIpc) is 2.45. The maximum Gasteiger partial charge on any atom is 0.328 e. The summed E-state index contributed by atoms with van der Waals surface area (Å²) >= 11 is 3.37. The van der Waals surface area contributed by atoms with Crippen LogP contribution in [-0.2, 0) is 9.53 Å². The Morgan fingerprint density at radius 1 is 1.50 bits per heavy atom. The number of carbonyl (C=O) groups is 1. The molecule has 1 aromatic rings. The van der Waals surface area contributed by atoms with Crippen molar-refractivity contribution in [3.05, 3.63) is 34.3 Å². The summed E-state index contributed by atoms with van der Waals surface area (Å²) in [5, 5.41) is 8.71. The predicted molar refractivity (Wildman–Crippen MR) is 79.9 cm³/mol. The smallest absolute Gasteiger partial charge is 0.328 e. The SMILES string of the molecule is O=C(O)/C=C/c1cc(Br)ccc1OCC1CCCCO1. The maximum atomic E-state index is 10.6. The topological polar surface area (TPSA) is 55.8 Å². The molecule has 108 valence electrons. The Morgan fingerprint density at radius 3 is 3.05 bits per heavy atom. The first-order valence-corrected chi connectivity index (χ1v) is 7.39. The van der Waals surface area contributed by atoms with E-state index >= 15 is 0 Å². The molecular weight excluding hydrogens is 324 g/mol. The third-order valence-electron chi connectivity index (χ3n) is 3.08. The first-order valence-electron chi connectivity index (χ1n) is 6.60. The number of aliphatic carboxylic acids is 1. The highest BCUT2D eigenvalue weighted by atomic mass is 79.9. The average molecular weight is 341 g/mol. The van der Waals surface area contributed by atoms with E-state index in [0.717, 1.165) is 35.6 Å². The zero-order valence-corrected chi connectivity index (χ0v) is 12.6. The van der Waals surface area contributed by atoms with Crippen molar-refractivity contribution in [3.8, 4) is 5.75 Å². The number of rotatable bonds is 5.